The molecule has 0 fully saturated rings. The third-order valence-corrected chi connectivity index (χ3v) is 3.01. The summed E-state index contributed by atoms with van der Waals surface area (Å²) in [6.45, 7) is 4.97. The first-order valence-electron chi connectivity index (χ1n) is 6.95. The highest BCUT2D eigenvalue weighted by Gasteiger charge is 2.13. The van der Waals surface area contributed by atoms with Crippen LogP contribution in [0.1, 0.15) is 29.8 Å². The summed E-state index contributed by atoms with van der Waals surface area (Å²) < 4.78 is 10.7. The minimum absolute atomic E-state index is 0.112. The highest BCUT2D eigenvalue weighted by Crippen LogP contribution is 2.23. The topological polar surface area (TPSA) is 61.5 Å². The number of anilines is 1. The van der Waals surface area contributed by atoms with Crippen LogP contribution in [0, 0.1) is 0 Å². The van der Waals surface area contributed by atoms with E-state index in [2.05, 4.69) is 0 Å². The number of ether oxygens (including phenoxy) is 2. The summed E-state index contributed by atoms with van der Waals surface area (Å²) >= 11 is 0. The molecule has 0 bridgehead atoms. The van der Waals surface area contributed by atoms with Crippen molar-refractivity contribution in [3.63, 3.8) is 0 Å². The lowest BCUT2D eigenvalue weighted by atomic mass is 10.0. The number of carbonyl (C=O) groups excluding carboxylic acids is 1. The first kappa shape index (κ1) is 14.9. The van der Waals surface area contributed by atoms with Crippen molar-refractivity contribution in [2.45, 2.75) is 13.8 Å². The first-order chi connectivity index (χ1) is 10.2. The summed E-state index contributed by atoms with van der Waals surface area (Å²) in [5, 5.41) is 0. The van der Waals surface area contributed by atoms with Gasteiger partial charge in [0.2, 0.25) is 0 Å². The number of benzene rings is 2. The van der Waals surface area contributed by atoms with E-state index >= 15 is 0 Å². The molecule has 2 N–H and O–H groups in total. The lowest BCUT2D eigenvalue weighted by Gasteiger charge is -2.09. The van der Waals surface area contributed by atoms with Crippen LogP contribution in [-0.2, 0) is 0 Å². The van der Waals surface area contributed by atoms with Gasteiger partial charge in [0.15, 0.2) is 5.78 Å². The fourth-order valence-corrected chi connectivity index (χ4v) is 2.03. The second kappa shape index (κ2) is 6.79. The summed E-state index contributed by atoms with van der Waals surface area (Å²) in [5.41, 5.74) is 7.41. The molecule has 0 heterocycles. The molecule has 0 atom stereocenters. The van der Waals surface area contributed by atoms with Crippen LogP contribution in [0.4, 0.5) is 5.69 Å². The van der Waals surface area contributed by atoms with E-state index < -0.39 is 0 Å². The van der Waals surface area contributed by atoms with Gasteiger partial charge in [-0.2, -0.15) is 0 Å². The zero-order valence-electron chi connectivity index (χ0n) is 12.3. The molecule has 0 spiro atoms. The number of hydrogen-bond donors (Lipinski definition) is 1. The Hall–Kier alpha value is -2.49. The van der Waals surface area contributed by atoms with Gasteiger partial charge in [-0.1, -0.05) is 0 Å². The zero-order valence-corrected chi connectivity index (χ0v) is 12.3. The van der Waals surface area contributed by atoms with Crippen LogP contribution in [0.3, 0.4) is 0 Å². The fourth-order valence-electron chi connectivity index (χ4n) is 2.03. The Kier molecular flexibility index (Phi) is 4.82. The Labute approximate surface area is 124 Å². The Morgan fingerprint density at radius 3 is 2.10 bits per heavy atom. The second-order valence-corrected chi connectivity index (χ2v) is 4.47. The van der Waals surface area contributed by atoms with Crippen LogP contribution in [0.25, 0.3) is 0 Å². The van der Waals surface area contributed by atoms with Gasteiger partial charge in [0.05, 0.1) is 13.2 Å². The van der Waals surface area contributed by atoms with E-state index in [1.807, 2.05) is 13.8 Å². The van der Waals surface area contributed by atoms with Crippen molar-refractivity contribution in [2.75, 3.05) is 18.9 Å². The second-order valence-electron chi connectivity index (χ2n) is 4.47. The molecule has 2 rings (SSSR count). The van der Waals surface area contributed by atoms with Gasteiger partial charge < -0.3 is 15.2 Å². The van der Waals surface area contributed by atoms with Gasteiger partial charge in [-0.3, -0.25) is 4.79 Å². The SMILES string of the molecule is CCOc1ccc(C(=O)c2ccc(OCC)cc2N)cc1. The molecule has 0 saturated carbocycles. The summed E-state index contributed by atoms with van der Waals surface area (Å²) in [4.78, 5) is 12.4. The molecule has 2 aromatic carbocycles. The number of ketones is 1. The van der Waals surface area contributed by atoms with Crippen LogP contribution in [0.15, 0.2) is 42.5 Å². The lowest BCUT2D eigenvalue weighted by molar-refractivity contribution is 0.103. The smallest absolute Gasteiger partial charge is 0.195 e. The number of hydrogen-bond acceptors (Lipinski definition) is 4. The van der Waals surface area contributed by atoms with Crippen molar-refractivity contribution in [2.24, 2.45) is 0 Å². The van der Waals surface area contributed by atoms with Crippen molar-refractivity contribution in [1.82, 2.24) is 0 Å². The maximum absolute atomic E-state index is 12.4. The molecule has 4 nitrogen and oxygen atoms in total. The zero-order chi connectivity index (χ0) is 15.2. The van der Waals surface area contributed by atoms with Crippen LogP contribution < -0.4 is 15.2 Å². The Morgan fingerprint density at radius 1 is 0.952 bits per heavy atom. The molecule has 0 aliphatic rings. The van der Waals surface area contributed by atoms with Crippen molar-refractivity contribution in [3.05, 3.63) is 53.6 Å². The van der Waals surface area contributed by atoms with Gasteiger partial charge >= 0.3 is 0 Å². The molecule has 0 unspecified atom stereocenters. The molecule has 0 aromatic heterocycles. The maximum atomic E-state index is 12.4. The summed E-state index contributed by atoms with van der Waals surface area (Å²) in [7, 11) is 0. The van der Waals surface area contributed by atoms with E-state index in [9.17, 15) is 4.79 Å². The third kappa shape index (κ3) is 3.54. The fraction of sp³-hybridized carbons (Fsp3) is 0.235. The standard InChI is InChI=1S/C17H19NO3/c1-3-20-13-7-5-12(6-8-13)17(19)15-10-9-14(21-4-2)11-16(15)18/h5-11H,3-4,18H2,1-2H3. The van der Waals surface area contributed by atoms with Crippen molar-refractivity contribution >= 4 is 11.5 Å². The quantitative estimate of drug-likeness (QED) is 0.653. The minimum atomic E-state index is -0.112. The van der Waals surface area contributed by atoms with Gasteiger partial charge in [-0.05, 0) is 50.2 Å². The predicted molar refractivity (Wildman–Crippen MR) is 83.1 cm³/mol. The number of rotatable bonds is 6. The average molecular weight is 285 g/mol. The van der Waals surface area contributed by atoms with Gasteiger partial charge in [0.1, 0.15) is 11.5 Å². The first-order valence-corrected chi connectivity index (χ1v) is 6.95. The Morgan fingerprint density at radius 2 is 1.52 bits per heavy atom. The van der Waals surface area contributed by atoms with E-state index in [1.54, 1.807) is 42.5 Å². The van der Waals surface area contributed by atoms with E-state index in [-0.39, 0.29) is 5.78 Å². The van der Waals surface area contributed by atoms with E-state index in [0.717, 1.165) is 5.75 Å². The Bertz CT molecular complexity index is 620. The molecule has 4 heteroatoms. The molecule has 21 heavy (non-hydrogen) atoms. The Balaban J connectivity index is 2.23. The molecule has 0 radical (unpaired) electrons. The van der Waals surface area contributed by atoms with Crippen molar-refractivity contribution in [1.29, 1.82) is 0 Å². The van der Waals surface area contributed by atoms with Crippen molar-refractivity contribution in [3.8, 4) is 11.5 Å². The predicted octanol–water partition coefficient (Wildman–Crippen LogP) is 3.30. The van der Waals surface area contributed by atoms with Crippen molar-refractivity contribution < 1.29 is 14.3 Å². The highest BCUT2D eigenvalue weighted by molar-refractivity contribution is 6.12. The monoisotopic (exact) mass is 285 g/mol. The van der Waals surface area contributed by atoms with Crippen LogP contribution in [0.5, 0.6) is 11.5 Å². The van der Waals surface area contributed by atoms with Crippen LogP contribution in [-0.4, -0.2) is 19.0 Å². The largest absolute Gasteiger partial charge is 0.494 e. The molecular weight excluding hydrogens is 266 g/mol. The third-order valence-electron chi connectivity index (χ3n) is 3.01. The highest BCUT2D eigenvalue weighted by atomic mass is 16.5. The van der Waals surface area contributed by atoms with Crippen LogP contribution >= 0.6 is 0 Å². The van der Waals surface area contributed by atoms with Gasteiger partial charge in [0.25, 0.3) is 0 Å². The van der Waals surface area contributed by atoms with E-state index in [0.29, 0.717) is 35.8 Å². The molecule has 2 aromatic rings. The normalized spacial score (nSPS) is 10.2. The summed E-state index contributed by atoms with van der Waals surface area (Å²) in [6, 6.07) is 12.2. The van der Waals surface area contributed by atoms with Gasteiger partial charge in [-0.25, -0.2) is 0 Å². The summed E-state index contributed by atoms with van der Waals surface area (Å²) in [5.74, 6) is 1.30. The van der Waals surface area contributed by atoms with Gasteiger partial charge in [-0.15, -0.1) is 0 Å². The average Bonchev–Trinajstić information content (AvgIpc) is 2.48. The number of carbonyl (C=O) groups is 1. The molecule has 0 aliphatic carbocycles. The van der Waals surface area contributed by atoms with Gasteiger partial charge in [0, 0.05) is 22.9 Å². The van der Waals surface area contributed by atoms with Crippen LogP contribution in [0.2, 0.25) is 0 Å². The lowest BCUT2D eigenvalue weighted by Crippen LogP contribution is -2.06. The summed E-state index contributed by atoms with van der Waals surface area (Å²) in [6.07, 6.45) is 0. The minimum Gasteiger partial charge on any atom is -0.494 e. The number of nitrogens with two attached hydrogens (primary N) is 1. The van der Waals surface area contributed by atoms with E-state index in [4.69, 9.17) is 15.2 Å². The maximum Gasteiger partial charge on any atom is 0.195 e. The number of nitrogen functional groups attached to an aromatic ring is 1. The molecule has 0 amide bonds. The molecule has 110 valence electrons. The van der Waals surface area contributed by atoms with E-state index in [1.165, 1.54) is 0 Å². The molecular formula is C17H19NO3. The molecule has 0 aliphatic heterocycles. The molecule has 0 saturated heterocycles.